The van der Waals surface area contributed by atoms with Crippen LogP contribution >= 0.6 is 12.4 Å². The normalized spacial score (nSPS) is 31.8. The van der Waals surface area contributed by atoms with Crippen LogP contribution < -0.4 is 9.47 Å². The molecule has 2 aromatic rings. The summed E-state index contributed by atoms with van der Waals surface area (Å²) in [5.41, 5.74) is 2.86. The number of likely N-dealkylation sites (N-methyl/N-ethyl adjacent to an activating group) is 1. The van der Waals surface area contributed by atoms with Gasteiger partial charge in [-0.15, -0.1) is 12.4 Å². The smallest absolute Gasteiger partial charge is 0.340 e. The number of likely N-dealkylation sites (tertiary alicyclic amines) is 1. The molecule has 31 heavy (non-hydrogen) atoms. The lowest BCUT2D eigenvalue weighted by Gasteiger charge is -2.56. The van der Waals surface area contributed by atoms with Crippen molar-refractivity contribution in [2.75, 3.05) is 20.7 Å². The van der Waals surface area contributed by atoms with E-state index in [9.17, 15) is 4.79 Å². The summed E-state index contributed by atoms with van der Waals surface area (Å²) in [6, 6.07) is 8.07. The van der Waals surface area contributed by atoms with Crippen LogP contribution in [0.3, 0.4) is 0 Å². The minimum atomic E-state index is -0.457. The van der Waals surface area contributed by atoms with Crippen LogP contribution in [0.4, 0.5) is 0 Å². The van der Waals surface area contributed by atoms with Gasteiger partial charge in [0.15, 0.2) is 17.6 Å². The Kier molecular flexibility index (Phi) is 4.75. The molecule has 0 amide bonds. The lowest BCUT2D eigenvalue weighted by Crippen LogP contribution is -2.65. The van der Waals surface area contributed by atoms with E-state index in [0.29, 0.717) is 17.5 Å². The highest BCUT2D eigenvalue weighted by Crippen LogP contribution is 2.62. The monoisotopic (exact) mass is 440 g/mol. The molecule has 6 rings (SSSR count). The van der Waals surface area contributed by atoms with Gasteiger partial charge in [-0.1, -0.05) is 12.1 Å². The van der Waals surface area contributed by atoms with Gasteiger partial charge in [-0.25, -0.2) is 4.79 Å². The number of ether oxygens (including phenoxy) is 3. The molecule has 0 radical (unpaired) electrons. The summed E-state index contributed by atoms with van der Waals surface area (Å²) < 4.78 is 18.2. The number of pyridine rings is 1. The Labute approximate surface area is 187 Å². The minimum Gasteiger partial charge on any atom is -0.493 e. The molecule has 1 aromatic heterocycles. The highest BCUT2D eigenvalue weighted by molar-refractivity contribution is 5.89. The van der Waals surface area contributed by atoms with E-state index in [1.165, 1.54) is 17.3 Å². The molecule has 2 bridgehead atoms. The summed E-state index contributed by atoms with van der Waals surface area (Å²) in [5, 5.41) is 0. The van der Waals surface area contributed by atoms with E-state index in [0.717, 1.165) is 30.9 Å². The second-order valence-electron chi connectivity index (χ2n) is 8.73. The number of esters is 1. The number of hydrogen-bond acceptors (Lipinski definition) is 6. The Morgan fingerprint density at radius 2 is 2.16 bits per heavy atom. The maximum absolute atomic E-state index is 12.8. The second-order valence-corrected chi connectivity index (χ2v) is 8.73. The molecule has 2 aliphatic carbocycles. The predicted molar refractivity (Wildman–Crippen MR) is 117 cm³/mol. The second kappa shape index (κ2) is 7.24. The number of piperidine rings is 1. The van der Waals surface area contributed by atoms with Gasteiger partial charge in [0.25, 0.3) is 0 Å². The number of halogens is 1. The van der Waals surface area contributed by atoms with Gasteiger partial charge in [0.1, 0.15) is 6.10 Å². The van der Waals surface area contributed by atoms with Crippen molar-refractivity contribution in [3.05, 3.63) is 65.5 Å². The zero-order valence-electron chi connectivity index (χ0n) is 17.5. The number of carbonyl (C=O) groups is 1. The van der Waals surface area contributed by atoms with Gasteiger partial charge in [0.2, 0.25) is 0 Å². The van der Waals surface area contributed by atoms with E-state index in [1.807, 2.05) is 12.1 Å². The molecule has 5 atom stereocenters. The molecule has 1 spiro atoms. The standard InChI is InChI=1S/C24H24N2O4.ClH/c1-26-11-9-24-16-6-8-19(29-23(27)15-4-3-10-25-13-15)22(24)30-21-18(28-2)7-5-14(20(21)24)12-17(16)26;/h3-8,10,13,16-17,19,22H,9,11-12H2,1-2H3;1H/t16-,17+,19-,22-,24-;/m0./s1. The molecule has 2 aliphatic heterocycles. The van der Waals surface area contributed by atoms with Gasteiger partial charge in [-0.05, 0) is 56.3 Å². The molecule has 6 nitrogen and oxygen atoms in total. The molecule has 1 saturated heterocycles. The van der Waals surface area contributed by atoms with Crippen LogP contribution in [-0.2, 0) is 16.6 Å². The van der Waals surface area contributed by atoms with Gasteiger partial charge in [0.05, 0.1) is 12.7 Å². The lowest BCUT2D eigenvalue weighted by atomic mass is 9.53. The van der Waals surface area contributed by atoms with E-state index in [2.05, 4.69) is 29.1 Å². The van der Waals surface area contributed by atoms with Gasteiger partial charge in [0, 0.05) is 35.3 Å². The first-order valence-corrected chi connectivity index (χ1v) is 10.5. The lowest BCUT2D eigenvalue weighted by molar-refractivity contribution is -0.0555. The summed E-state index contributed by atoms with van der Waals surface area (Å²) >= 11 is 0. The molecular weight excluding hydrogens is 416 g/mol. The number of methoxy groups -OCH3 is 1. The predicted octanol–water partition coefficient (Wildman–Crippen LogP) is 3.18. The molecule has 162 valence electrons. The van der Waals surface area contributed by atoms with E-state index in [4.69, 9.17) is 14.2 Å². The number of nitrogens with zero attached hydrogens (tertiary/aromatic N) is 2. The molecule has 0 unspecified atom stereocenters. The van der Waals surface area contributed by atoms with Crippen LogP contribution in [-0.4, -0.2) is 54.8 Å². The zero-order chi connectivity index (χ0) is 20.5. The van der Waals surface area contributed by atoms with E-state index in [1.54, 1.807) is 25.4 Å². The van der Waals surface area contributed by atoms with Gasteiger partial charge < -0.3 is 19.1 Å². The zero-order valence-corrected chi connectivity index (χ0v) is 18.3. The SMILES string of the molecule is COc1ccc2c3c1O[C@H]1[C@@H](OC(=O)c4cccnc4)C=C[C@H]4[C@@H](C2)N(C)CC[C@@]341.Cl. The van der Waals surface area contributed by atoms with Crippen LogP contribution in [0, 0.1) is 5.92 Å². The molecule has 1 aromatic carbocycles. The molecular formula is C24H25ClN2O4. The Balaban J connectivity index is 0.00000204. The van der Waals surface area contributed by atoms with Crippen molar-refractivity contribution >= 4 is 18.4 Å². The molecule has 0 saturated carbocycles. The summed E-state index contributed by atoms with van der Waals surface area (Å²) in [7, 11) is 3.89. The highest BCUT2D eigenvalue weighted by atomic mass is 35.5. The van der Waals surface area contributed by atoms with E-state index in [-0.39, 0.29) is 29.9 Å². The Morgan fingerprint density at radius 3 is 2.94 bits per heavy atom. The average molecular weight is 441 g/mol. The Hall–Kier alpha value is -2.57. The van der Waals surface area contributed by atoms with Gasteiger partial charge >= 0.3 is 5.97 Å². The molecule has 7 heteroatoms. The fourth-order valence-electron chi connectivity index (χ4n) is 6.15. The van der Waals surface area contributed by atoms with Gasteiger partial charge in [-0.2, -0.15) is 0 Å². The van der Waals surface area contributed by atoms with Gasteiger partial charge in [-0.3, -0.25) is 4.98 Å². The van der Waals surface area contributed by atoms with Crippen molar-refractivity contribution < 1.29 is 19.0 Å². The minimum absolute atomic E-state index is 0. The maximum Gasteiger partial charge on any atom is 0.340 e. The van der Waals surface area contributed by atoms with Crippen molar-refractivity contribution in [2.45, 2.75) is 36.5 Å². The summed E-state index contributed by atoms with van der Waals surface area (Å²) in [6.07, 6.45) is 8.72. The van der Waals surface area contributed by atoms with Crippen molar-refractivity contribution in [1.82, 2.24) is 9.88 Å². The van der Waals surface area contributed by atoms with Crippen molar-refractivity contribution in [3.8, 4) is 11.5 Å². The molecule has 1 fully saturated rings. The van der Waals surface area contributed by atoms with Crippen molar-refractivity contribution in [2.24, 2.45) is 5.92 Å². The number of rotatable bonds is 3. The quantitative estimate of drug-likeness (QED) is 0.539. The number of hydrogen-bond donors (Lipinski definition) is 0. The third-order valence-electron chi connectivity index (χ3n) is 7.48. The summed E-state index contributed by atoms with van der Waals surface area (Å²) in [6.45, 7) is 0.994. The highest BCUT2D eigenvalue weighted by Gasteiger charge is 2.65. The molecule has 3 heterocycles. The number of aromatic nitrogens is 1. The third-order valence-corrected chi connectivity index (χ3v) is 7.48. The first kappa shape index (κ1) is 20.3. The number of carbonyl (C=O) groups excluding carboxylic acids is 1. The van der Waals surface area contributed by atoms with E-state index >= 15 is 0 Å². The third kappa shape index (κ3) is 2.68. The Bertz CT molecular complexity index is 1060. The largest absolute Gasteiger partial charge is 0.493 e. The average Bonchev–Trinajstić information content (AvgIpc) is 3.13. The van der Waals surface area contributed by atoms with Crippen LogP contribution in [0.2, 0.25) is 0 Å². The fourth-order valence-corrected chi connectivity index (χ4v) is 6.15. The fraction of sp³-hybridized carbons (Fsp3) is 0.417. The topological polar surface area (TPSA) is 60.9 Å². The van der Waals surface area contributed by atoms with Crippen LogP contribution in [0.1, 0.15) is 27.9 Å². The number of benzene rings is 1. The maximum atomic E-state index is 12.8. The molecule has 0 N–H and O–H groups in total. The van der Waals surface area contributed by atoms with E-state index < -0.39 is 6.10 Å². The van der Waals surface area contributed by atoms with Crippen molar-refractivity contribution in [3.63, 3.8) is 0 Å². The summed E-state index contributed by atoms with van der Waals surface area (Å²) in [5.74, 6) is 1.54. The van der Waals surface area contributed by atoms with Crippen LogP contribution in [0.25, 0.3) is 0 Å². The first-order chi connectivity index (χ1) is 14.6. The Morgan fingerprint density at radius 1 is 1.29 bits per heavy atom. The van der Waals surface area contributed by atoms with Crippen molar-refractivity contribution in [1.29, 1.82) is 0 Å². The van der Waals surface area contributed by atoms with Crippen LogP contribution in [0.15, 0.2) is 48.8 Å². The molecule has 4 aliphatic rings. The summed E-state index contributed by atoms with van der Waals surface area (Å²) in [4.78, 5) is 19.3. The first-order valence-electron chi connectivity index (χ1n) is 10.5. The van der Waals surface area contributed by atoms with Crippen LogP contribution in [0.5, 0.6) is 11.5 Å².